The molecule has 3 atom stereocenters. The quantitative estimate of drug-likeness (QED) is 0.574. The molecular weight excluding hydrogens is 368 g/mol. The predicted octanol–water partition coefficient (Wildman–Crippen LogP) is 2.97. The van der Waals surface area contributed by atoms with Crippen molar-refractivity contribution in [2.45, 2.75) is 58.2 Å². The van der Waals surface area contributed by atoms with Gasteiger partial charge in [-0.25, -0.2) is 9.48 Å². The van der Waals surface area contributed by atoms with Gasteiger partial charge in [-0.05, 0) is 37.3 Å². The third kappa shape index (κ3) is 6.27. The highest BCUT2D eigenvalue weighted by molar-refractivity contribution is 5.90. The SMILES string of the molecule is C[C@@H]1CCCC[C@@H]1NC(=O)[C@@H](C)OC(=O)/C=C/c1cn(Cc2ccccc2)nn1. The molecule has 1 aromatic heterocycles. The molecule has 7 heteroatoms. The molecule has 0 unspecified atom stereocenters. The van der Waals surface area contributed by atoms with Crippen molar-refractivity contribution in [2.75, 3.05) is 0 Å². The summed E-state index contributed by atoms with van der Waals surface area (Å²) in [6.45, 7) is 4.34. The third-order valence-corrected chi connectivity index (χ3v) is 5.24. The van der Waals surface area contributed by atoms with E-state index in [0.29, 0.717) is 18.2 Å². The molecule has 1 aromatic carbocycles. The minimum absolute atomic E-state index is 0.160. The number of carbonyl (C=O) groups excluding carboxylic acids is 2. The summed E-state index contributed by atoms with van der Waals surface area (Å²) in [6, 6.07) is 10.1. The van der Waals surface area contributed by atoms with E-state index in [-0.39, 0.29) is 11.9 Å². The molecule has 0 radical (unpaired) electrons. The van der Waals surface area contributed by atoms with E-state index in [4.69, 9.17) is 4.74 Å². The lowest BCUT2D eigenvalue weighted by molar-refractivity contribution is -0.150. The maximum absolute atomic E-state index is 12.3. The van der Waals surface area contributed by atoms with Crippen LogP contribution in [0.15, 0.2) is 42.6 Å². The van der Waals surface area contributed by atoms with Crippen LogP contribution in [0.4, 0.5) is 0 Å². The number of hydrogen-bond acceptors (Lipinski definition) is 5. The summed E-state index contributed by atoms with van der Waals surface area (Å²) in [5.41, 5.74) is 1.66. The molecule has 0 spiro atoms. The van der Waals surface area contributed by atoms with Crippen molar-refractivity contribution < 1.29 is 14.3 Å². The van der Waals surface area contributed by atoms with Crippen molar-refractivity contribution in [3.05, 3.63) is 53.9 Å². The lowest BCUT2D eigenvalue weighted by Crippen LogP contribution is -2.45. The lowest BCUT2D eigenvalue weighted by atomic mass is 9.86. The smallest absolute Gasteiger partial charge is 0.331 e. The molecule has 1 aliphatic rings. The summed E-state index contributed by atoms with van der Waals surface area (Å²) >= 11 is 0. The molecule has 154 valence electrons. The zero-order valence-corrected chi connectivity index (χ0v) is 17.0. The average molecular weight is 396 g/mol. The second kappa shape index (κ2) is 10.0. The molecule has 29 heavy (non-hydrogen) atoms. The van der Waals surface area contributed by atoms with E-state index >= 15 is 0 Å². The number of amides is 1. The van der Waals surface area contributed by atoms with Crippen LogP contribution in [-0.4, -0.2) is 39.0 Å². The molecule has 3 rings (SSSR count). The standard InChI is InChI=1S/C22H28N4O3/c1-16-8-6-7-11-20(16)23-22(28)17(2)29-21(27)13-12-19-15-26(25-24-19)14-18-9-4-3-5-10-18/h3-5,9-10,12-13,15-17,20H,6-8,11,14H2,1-2H3,(H,23,28)/b13-12+/t16-,17-,20+/m1/s1. The molecule has 0 aliphatic heterocycles. The largest absolute Gasteiger partial charge is 0.449 e. The molecule has 0 bridgehead atoms. The van der Waals surface area contributed by atoms with Crippen LogP contribution < -0.4 is 5.32 Å². The number of esters is 1. The Labute approximate surface area is 171 Å². The first-order valence-corrected chi connectivity index (χ1v) is 10.1. The van der Waals surface area contributed by atoms with Gasteiger partial charge in [0.25, 0.3) is 5.91 Å². The molecule has 1 fully saturated rings. The number of rotatable bonds is 7. The van der Waals surface area contributed by atoms with E-state index < -0.39 is 12.1 Å². The second-order valence-electron chi connectivity index (χ2n) is 7.62. The normalized spacial score (nSPS) is 20.3. The van der Waals surface area contributed by atoms with Crippen LogP contribution in [0.25, 0.3) is 6.08 Å². The van der Waals surface area contributed by atoms with Crippen molar-refractivity contribution in [1.29, 1.82) is 0 Å². The van der Waals surface area contributed by atoms with Crippen LogP contribution in [0.2, 0.25) is 0 Å². The monoisotopic (exact) mass is 396 g/mol. The predicted molar refractivity (Wildman–Crippen MR) is 110 cm³/mol. The van der Waals surface area contributed by atoms with E-state index in [1.54, 1.807) is 17.8 Å². The van der Waals surface area contributed by atoms with Gasteiger partial charge >= 0.3 is 5.97 Å². The molecule has 1 N–H and O–H groups in total. The fraction of sp³-hybridized carbons (Fsp3) is 0.455. The van der Waals surface area contributed by atoms with Crippen molar-refractivity contribution in [3.63, 3.8) is 0 Å². The zero-order chi connectivity index (χ0) is 20.6. The van der Waals surface area contributed by atoms with Gasteiger partial charge in [-0.15, -0.1) is 5.10 Å². The van der Waals surface area contributed by atoms with Gasteiger partial charge in [-0.1, -0.05) is 55.3 Å². The van der Waals surface area contributed by atoms with E-state index in [1.807, 2.05) is 30.3 Å². The van der Waals surface area contributed by atoms with Crippen LogP contribution in [-0.2, 0) is 20.9 Å². The van der Waals surface area contributed by atoms with Crippen LogP contribution in [0.1, 0.15) is 50.8 Å². The molecular formula is C22H28N4O3. The summed E-state index contributed by atoms with van der Waals surface area (Å²) in [6.07, 6.45) is 8.14. The Hall–Kier alpha value is -2.96. The lowest BCUT2D eigenvalue weighted by Gasteiger charge is -2.30. The number of benzene rings is 1. The molecule has 1 saturated carbocycles. The van der Waals surface area contributed by atoms with Gasteiger partial charge in [0.2, 0.25) is 0 Å². The summed E-state index contributed by atoms with van der Waals surface area (Å²) < 4.78 is 6.92. The highest BCUT2D eigenvalue weighted by Gasteiger charge is 2.25. The van der Waals surface area contributed by atoms with E-state index in [9.17, 15) is 9.59 Å². The Morgan fingerprint density at radius 3 is 2.79 bits per heavy atom. The molecule has 1 aliphatic carbocycles. The van der Waals surface area contributed by atoms with E-state index in [0.717, 1.165) is 24.8 Å². The topological polar surface area (TPSA) is 86.1 Å². The van der Waals surface area contributed by atoms with Crippen LogP contribution in [0.5, 0.6) is 0 Å². The maximum Gasteiger partial charge on any atom is 0.331 e. The number of hydrogen-bond donors (Lipinski definition) is 1. The van der Waals surface area contributed by atoms with Gasteiger partial charge in [0.05, 0.1) is 12.7 Å². The summed E-state index contributed by atoms with van der Waals surface area (Å²) in [5, 5.41) is 11.1. The van der Waals surface area contributed by atoms with E-state index in [1.165, 1.54) is 18.6 Å². The summed E-state index contributed by atoms with van der Waals surface area (Å²) in [5.74, 6) is -0.379. The maximum atomic E-state index is 12.3. The number of aromatic nitrogens is 3. The minimum Gasteiger partial charge on any atom is -0.449 e. The van der Waals surface area contributed by atoms with Gasteiger partial charge in [0.1, 0.15) is 5.69 Å². The number of ether oxygens (including phenoxy) is 1. The highest BCUT2D eigenvalue weighted by Crippen LogP contribution is 2.23. The van der Waals surface area contributed by atoms with Crippen LogP contribution in [0.3, 0.4) is 0 Å². The average Bonchev–Trinajstić information content (AvgIpc) is 3.16. The Morgan fingerprint density at radius 1 is 1.28 bits per heavy atom. The zero-order valence-electron chi connectivity index (χ0n) is 17.0. The van der Waals surface area contributed by atoms with Crippen molar-refractivity contribution in [1.82, 2.24) is 20.3 Å². The van der Waals surface area contributed by atoms with Crippen LogP contribution in [0, 0.1) is 5.92 Å². The Balaban J connectivity index is 1.47. The number of carbonyl (C=O) groups is 2. The summed E-state index contributed by atoms with van der Waals surface area (Å²) in [4.78, 5) is 24.3. The van der Waals surface area contributed by atoms with Crippen LogP contribution >= 0.6 is 0 Å². The first kappa shape index (κ1) is 20.8. The Kier molecular flexibility index (Phi) is 7.16. The molecule has 1 amide bonds. The second-order valence-corrected chi connectivity index (χ2v) is 7.62. The molecule has 0 saturated heterocycles. The van der Waals surface area contributed by atoms with Crippen molar-refractivity contribution in [2.24, 2.45) is 5.92 Å². The first-order valence-electron chi connectivity index (χ1n) is 10.1. The fourth-order valence-corrected chi connectivity index (χ4v) is 3.49. The van der Waals surface area contributed by atoms with Crippen molar-refractivity contribution in [3.8, 4) is 0 Å². The first-order chi connectivity index (χ1) is 14.0. The van der Waals surface area contributed by atoms with Gasteiger partial charge in [0, 0.05) is 12.1 Å². The molecule has 1 heterocycles. The van der Waals surface area contributed by atoms with E-state index in [2.05, 4.69) is 22.6 Å². The van der Waals surface area contributed by atoms with Gasteiger partial charge in [-0.2, -0.15) is 0 Å². The number of nitrogens with one attached hydrogen (secondary N) is 1. The molecule has 2 aromatic rings. The Bertz CT molecular complexity index is 847. The molecule has 7 nitrogen and oxygen atoms in total. The van der Waals surface area contributed by atoms with Gasteiger partial charge in [-0.3, -0.25) is 4.79 Å². The Morgan fingerprint density at radius 2 is 2.03 bits per heavy atom. The van der Waals surface area contributed by atoms with Gasteiger partial charge in [0.15, 0.2) is 6.10 Å². The summed E-state index contributed by atoms with van der Waals surface area (Å²) in [7, 11) is 0. The third-order valence-electron chi connectivity index (χ3n) is 5.24. The minimum atomic E-state index is -0.838. The van der Waals surface area contributed by atoms with Crippen molar-refractivity contribution >= 4 is 18.0 Å². The highest BCUT2D eigenvalue weighted by atomic mass is 16.5. The van der Waals surface area contributed by atoms with Gasteiger partial charge < -0.3 is 10.1 Å². The number of nitrogens with zero attached hydrogens (tertiary/aromatic N) is 3. The fourth-order valence-electron chi connectivity index (χ4n) is 3.49.